The van der Waals surface area contributed by atoms with Crippen molar-refractivity contribution in [3.8, 4) is 0 Å². The van der Waals surface area contributed by atoms with Gasteiger partial charge in [0.25, 0.3) is 11.1 Å². The topological polar surface area (TPSA) is 53.2 Å². The van der Waals surface area contributed by atoms with E-state index >= 15 is 0 Å². The summed E-state index contributed by atoms with van der Waals surface area (Å²) >= 11 is 4.33. The number of carbonyl (C=O) groups excluding carboxylic acids is 2. The highest BCUT2D eigenvalue weighted by atomic mass is 79.9. The Morgan fingerprint density at radius 2 is 1.95 bits per heavy atom. The minimum Gasteiger partial charge on any atom is -0.362 e. The molecule has 4 nitrogen and oxygen atoms in total. The van der Waals surface area contributed by atoms with Gasteiger partial charge in [0.15, 0.2) is 0 Å². The molecule has 1 N–H and O–H groups in total. The number of imide groups is 1. The first-order chi connectivity index (χ1) is 10.1. The number of benzene rings is 1. The number of aromatic nitrogens is 1. The molecule has 0 bridgehead atoms. The van der Waals surface area contributed by atoms with Gasteiger partial charge in [-0.05, 0) is 47.7 Å². The predicted octanol–water partition coefficient (Wildman–Crippen LogP) is 4.01. The van der Waals surface area contributed by atoms with Crippen LogP contribution in [-0.2, 0) is 11.3 Å². The molecule has 0 saturated carbocycles. The van der Waals surface area contributed by atoms with Gasteiger partial charge in [0, 0.05) is 16.4 Å². The van der Waals surface area contributed by atoms with Crippen LogP contribution in [0.2, 0.25) is 0 Å². The van der Waals surface area contributed by atoms with Crippen LogP contribution in [0.5, 0.6) is 0 Å². The van der Waals surface area contributed by atoms with E-state index in [0.717, 1.165) is 27.5 Å². The van der Waals surface area contributed by atoms with Crippen LogP contribution in [0.25, 0.3) is 6.08 Å². The summed E-state index contributed by atoms with van der Waals surface area (Å²) in [5.41, 5.74) is 1.73. The minimum atomic E-state index is -0.248. The molecule has 1 aromatic carbocycles. The number of nitrogens with one attached hydrogen (secondary N) is 1. The van der Waals surface area contributed by atoms with Crippen molar-refractivity contribution in [2.75, 3.05) is 0 Å². The van der Waals surface area contributed by atoms with Crippen molar-refractivity contribution < 1.29 is 9.59 Å². The number of hydrogen-bond acceptors (Lipinski definition) is 3. The Morgan fingerprint density at radius 1 is 1.19 bits per heavy atom. The Balaban J connectivity index is 1.79. The van der Waals surface area contributed by atoms with E-state index in [-0.39, 0.29) is 11.1 Å². The second-order valence-electron chi connectivity index (χ2n) is 4.52. The van der Waals surface area contributed by atoms with Crippen LogP contribution >= 0.6 is 27.7 Å². The zero-order valence-electron chi connectivity index (χ0n) is 10.9. The second-order valence-corrected chi connectivity index (χ2v) is 6.43. The van der Waals surface area contributed by atoms with Gasteiger partial charge >= 0.3 is 0 Å². The summed E-state index contributed by atoms with van der Waals surface area (Å²) < 4.78 is 0.965. The quantitative estimate of drug-likeness (QED) is 0.839. The number of amides is 2. The molecule has 2 amide bonds. The van der Waals surface area contributed by atoms with Gasteiger partial charge in [0.2, 0.25) is 0 Å². The third-order valence-corrected chi connectivity index (χ3v) is 4.47. The Labute approximate surface area is 134 Å². The van der Waals surface area contributed by atoms with E-state index in [4.69, 9.17) is 0 Å². The Kier molecular flexibility index (Phi) is 3.98. The van der Waals surface area contributed by atoms with Crippen molar-refractivity contribution in [1.82, 2.24) is 9.88 Å². The Hall–Kier alpha value is -1.79. The highest BCUT2D eigenvalue weighted by molar-refractivity contribution is 9.10. The largest absolute Gasteiger partial charge is 0.362 e. The van der Waals surface area contributed by atoms with Gasteiger partial charge in [-0.3, -0.25) is 14.5 Å². The van der Waals surface area contributed by atoms with Crippen LogP contribution in [0.15, 0.2) is 52.0 Å². The number of carbonyl (C=O) groups is 2. The monoisotopic (exact) mass is 362 g/mol. The Bertz CT molecular complexity index is 708. The van der Waals surface area contributed by atoms with Crippen molar-refractivity contribution in [2.45, 2.75) is 6.54 Å². The van der Waals surface area contributed by atoms with E-state index in [1.807, 2.05) is 36.4 Å². The minimum absolute atomic E-state index is 0.235. The molecule has 2 aromatic rings. The second kappa shape index (κ2) is 5.91. The lowest BCUT2D eigenvalue weighted by atomic mass is 10.2. The van der Waals surface area contributed by atoms with Crippen molar-refractivity contribution in [3.05, 3.63) is 63.2 Å². The number of halogens is 1. The summed E-state index contributed by atoms with van der Waals surface area (Å²) in [6.07, 6.45) is 3.48. The number of thioether (sulfide) groups is 1. The molecular formula is C15H11BrN2O2S. The molecule has 2 heterocycles. The van der Waals surface area contributed by atoms with Gasteiger partial charge in [0.1, 0.15) is 0 Å². The van der Waals surface area contributed by atoms with Crippen LogP contribution in [0.1, 0.15) is 11.3 Å². The molecule has 106 valence electrons. The summed E-state index contributed by atoms with van der Waals surface area (Å²) in [6.45, 7) is 0.292. The van der Waals surface area contributed by atoms with E-state index in [1.54, 1.807) is 12.3 Å². The summed E-state index contributed by atoms with van der Waals surface area (Å²) in [4.78, 5) is 29.0. The molecule has 1 aliphatic heterocycles. The standard InChI is InChI=1S/C15H11BrN2O2S/c16-11-5-3-10(4-6-11)9-18-14(19)13(21-15(18)20)8-12-2-1-7-17-12/h1-8,17H,9H2/b13-8-. The predicted molar refractivity (Wildman–Crippen MR) is 86.4 cm³/mol. The molecule has 0 spiro atoms. The first-order valence-electron chi connectivity index (χ1n) is 6.27. The SMILES string of the molecule is O=C1S/C(=C\c2ccc[nH]2)C(=O)N1Cc1ccc(Br)cc1. The normalized spacial score (nSPS) is 17.0. The molecule has 21 heavy (non-hydrogen) atoms. The van der Waals surface area contributed by atoms with Crippen LogP contribution in [0.4, 0.5) is 4.79 Å². The maximum absolute atomic E-state index is 12.3. The fourth-order valence-corrected chi connectivity index (χ4v) is 3.08. The smallest absolute Gasteiger partial charge is 0.293 e. The molecule has 0 unspecified atom stereocenters. The lowest BCUT2D eigenvalue weighted by Crippen LogP contribution is -2.27. The van der Waals surface area contributed by atoms with Crippen molar-refractivity contribution in [3.63, 3.8) is 0 Å². The third kappa shape index (κ3) is 3.11. The van der Waals surface area contributed by atoms with Crippen LogP contribution in [-0.4, -0.2) is 21.0 Å². The van der Waals surface area contributed by atoms with Crippen molar-refractivity contribution >= 4 is 44.9 Å². The molecular weight excluding hydrogens is 352 g/mol. The number of rotatable bonds is 3. The van der Waals surface area contributed by atoms with E-state index in [0.29, 0.717) is 11.4 Å². The van der Waals surface area contributed by atoms with Crippen molar-refractivity contribution in [1.29, 1.82) is 0 Å². The van der Waals surface area contributed by atoms with Gasteiger partial charge in [-0.2, -0.15) is 0 Å². The summed E-state index contributed by atoms with van der Waals surface area (Å²) in [5.74, 6) is -0.248. The number of hydrogen-bond donors (Lipinski definition) is 1. The first kappa shape index (κ1) is 14.2. The molecule has 0 radical (unpaired) electrons. The van der Waals surface area contributed by atoms with E-state index < -0.39 is 0 Å². The zero-order valence-corrected chi connectivity index (χ0v) is 13.3. The fourth-order valence-electron chi connectivity index (χ4n) is 1.98. The average molecular weight is 363 g/mol. The number of H-pyrrole nitrogens is 1. The van der Waals surface area contributed by atoms with Gasteiger partial charge in [-0.15, -0.1) is 0 Å². The van der Waals surface area contributed by atoms with Crippen molar-refractivity contribution in [2.24, 2.45) is 0 Å². The highest BCUT2D eigenvalue weighted by Gasteiger charge is 2.34. The van der Waals surface area contributed by atoms with E-state index in [2.05, 4.69) is 20.9 Å². The Morgan fingerprint density at radius 3 is 2.62 bits per heavy atom. The average Bonchev–Trinajstić information content (AvgIpc) is 3.06. The zero-order chi connectivity index (χ0) is 14.8. The van der Waals surface area contributed by atoms with Gasteiger partial charge < -0.3 is 4.98 Å². The third-order valence-electron chi connectivity index (χ3n) is 3.04. The molecule has 3 rings (SSSR count). The maximum Gasteiger partial charge on any atom is 0.293 e. The molecule has 1 saturated heterocycles. The molecule has 1 aromatic heterocycles. The summed E-state index contributed by atoms with van der Waals surface area (Å²) in [6, 6.07) is 11.3. The van der Waals surface area contributed by atoms with E-state index in [1.165, 1.54) is 4.90 Å². The molecule has 6 heteroatoms. The lowest BCUT2D eigenvalue weighted by molar-refractivity contribution is -0.123. The maximum atomic E-state index is 12.3. The lowest BCUT2D eigenvalue weighted by Gasteiger charge is -2.12. The summed E-state index contributed by atoms with van der Waals surface area (Å²) in [7, 11) is 0. The van der Waals surface area contributed by atoms with E-state index in [9.17, 15) is 9.59 Å². The van der Waals surface area contributed by atoms with Crippen LogP contribution in [0, 0.1) is 0 Å². The fraction of sp³-hybridized carbons (Fsp3) is 0.0667. The van der Waals surface area contributed by atoms with Crippen LogP contribution < -0.4 is 0 Å². The van der Waals surface area contributed by atoms with Gasteiger partial charge in [-0.1, -0.05) is 28.1 Å². The first-order valence-corrected chi connectivity index (χ1v) is 7.87. The highest BCUT2D eigenvalue weighted by Crippen LogP contribution is 2.33. The van der Waals surface area contributed by atoms with Crippen LogP contribution in [0.3, 0.4) is 0 Å². The summed E-state index contributed by atoms with van der Waals surface area (Å²) in [5, 5.41) is -0.235. The molecule has 1 fully saturated rings. The van der Waals surface area contributed by atoms with Gasteiger partial charge in [0.05, 0.1) is 11.4 Å². The molecule has 0 aliphatic carbocycles. The number of aromatic amines is 1. The number of nitrogens with zero attached hydrogens (tertiary/aromatic N) is 1. The van der Waals surface area contributed by atoms with Gasteiger partial charge in [-0.25, -0.2) is 0 Å². The molecule has 0 atom stereocenters. The molecule has 1 aliphatic rings.